The van der Waals surface area contributed by atoms with Gasteiger partial charge >= 0.3 is 0 Å². The van der Waals surface area contributed by atoms with Crippen LogP contribution in [0.15, 0.2) is 49.1 Å². The zero-order valence-electron chi connectivity index (χ0n) is 11.9. The molecule has 4 nitrogen and oxygen atoms in total. The maximum Gasteiger partial charge on any atom is 0.257 e. The maximum atomic E-state index is 14.2. The van der Waals surface area contributed by atoms with E-state index in [9.17, 15) is 13.6 Å². The minimum Gasteiger partial charge on any atom is -0.322 e. The molecule has 0 unspecified atom stereocenters. The molecule has 0 spiro atoms. The number of amides is 1. The molecule has 3 aromatic rings. The van der Waals surface area contributed by atoms with Crippen LogP contribution in [0.1, 0.15) is 10.4 Å². The fourth-order valence-electron chi connectivity index (χ4n) is 2.09. The molecule has 0 aliphatic rings. The van der Waals surface area contributed by atoms with E-state index in [4.69, 9.17) is 23.2 Å². The average Bonchev–Trinajstić information content (AvgIpc) is 3.05. The number of aromatic nitrogens is 2. The number of anilines is 1. The molecule has 0 fully saturated rings. The Hall–Kier alpha value is -2.44. The topological polar surface area (TPSA) is 46.9 Å². The number of halogens is 4. The van der Waals surface area contributed by atoms with Crippen LogP contribution in [-0.4, -0.2) is 15.5 Å². The van der Waals surface area contributed by atoms with Crippen LogP contribution in [0.4, 0.5) is 14.5 Å². The molecule has 0 radical (unpaired) electrons. The lowest BCUT2D eigenvalue weighted by Gasteiger charge is -2.10. The first-order chi connectivity index (χ1) is 11.5. The van der Waals surface area contributed by atoms with Gasteiger partial charge in [0.15, 0.2) is 0 Å². The normalized spacial score (nSPS) is 10.7. The Morgan fingerprint density at radius 3 is 2.54 bits per heavy atom. The van der Waals surface area contributed by atoms with Crippen molar-refractivity contribution >= 4 is 34.8 Å². The number of benzene rings is 2. The Balaban J connectivity index is 1.85. The fraction of sp³-hybridized carbons (Fsp3) is 0. The molecule has 1 amide bonds. The molecule has 122 valence electrons. The van der Waals surface area contributed by atoms with Crippen molar-refractivity contribution in [1.82, 2.24) is 9.55 Å². The first-order valence-electron chi connectivity index (χ1n) is 6.69. The van der Waals surface area contributed by atoms with Crippen molar-refractivity contribution in [2.24, 2.45) is 0 Å². The second-order valence-electron chi connectivity index (χ2n) is 4.84. The molecule has 0 aliphatic carbocycles. The summed E-state index contributed by atoms with van der Waals surface area (Å²) in [5, 5.41) is 2.27. The second-order valence-corrected chi connectivity index (χ2v) is 5.65. The van der Waals surface area contributed by atoms with Crippen LogP contribution in [-0.2, 0) is 0 Å². The Kier molecular flexibility index (Phi) is 4.51. The summed E-state index contributed by atoms with van der Waals surface area (Å²) in [5.41, 5.74) is 0.381. The smallest absolute Gasteiger partial charge is 0.257 e. The van der Waals surface area contributed by atoms with Crippen LogP contribution in [0.25, 0.3) is 5.69 Å². The van der Waals surface area contributed by atoms with Gasteiger partial charge in [0.2, 0.25) is 0 Å². The van der Waals surface area contributed by atoms with Gasteiger partial charge in [-0.2, -0.15) is 0 Å². The zero-order chi connectivity index (χ0) is 17.3. The number of carbonyl (C=O) groups is 1. The molecule has 0 aliphatic heterocycles. The van der Waals surface area contributed by atoms with Crippen molar-refractivity contribution in [2.45, 2.75) is 0 Å². The molecule has 0 bridgehead atoms. The molecule has 1 aromatic heterocycles. The van der Waals surface area contributed by atoms with Gasteiger partial charge in [-0.3, -0.25) is 4.79 Å². The maximum absolute atomic E-state index is 14.2. The van der Waals surface area contributed by atoms with Crippen molar-refractivity contribution in [3.8, 4) is 5.69 Å². The van der Waals surface area contributed by atoms with Crippen molar-refractivity contribution in [3.63, 3.8) is 0 Å². The molecular formula is C16H9Cl2F2N3O. The van der Waals surface area contributed by atoms with E-state index in [1.54, 1.807) is 6.20 Å². The molecule has 8 heteroatoms. The fourth-order valence-corrected chi connectivity index (χ4v) is 2.56. The summed E-state index contributed by atoms with van der Waals surface area (Å²) in [4.78, 5) is 16.0. The lowest BCUT2D eigenvalue weighted by Crippen LogP contribution is -2.13. The van der Waals surface area contributed by atoms with Gasteiger partial charge in [0.1, 0.15) is 11.6 Å². The standard InChI is InChI=1S/C16H9Cl2F2N3O/c17-11-7-12(18)13(19)6-10(11)16(24)22-9-1-2-15(14(20)5-9)23-4-3-21-8-23/h1-8H,(H,22,24). The van der Waals surface area contributed by atoms with Gasteiger partial charge in [0, 0.05) is 18.1 Å². The average molecular weight is 368 g/mol. The minimum absolute atomic E-state index is 0.00518. The first-order valence-corrected chi connectivity index (χ1v) is 7.45. The van der Waals surface area contributed by atoms with Gasteiger partial charge in [0.25, 0.3) is 5.91 Å². The minimum atomic E-state index is -0.771. The third-order valence-corrected chi connectivity index (χ3v) is 3.85. The number of rotatable bonds is 3. The van der Waals surface area contributed by atoms with Crippen LogP contribution >= 0.6 is 23.2 Å². The van der Waals surface area contributed by atoms with Gasteiger partial charge in [-0.25, -0.2) is 13.8 Å². The predicted octanol–water partition coefficient (Wildman–Crippen LogP) is 4.71. The monoisotopic (exact) mass is 367 g/mol. The Bertz CT molecular complexity index is 914. The van der Waals surface area contributed by atoms with Crippen LogP contribution in [0.5, 0.6) is 0 Å². The van der Waals surface area contributed by atoms with Crippen LogP contribution in [0, 0.1) is 11.6 Å². The summed E-state index contributed by atoms with van der Waals surface area (Å²) in [5.74, 6) is -2.00. The van der Waals surface area contributed by atoms with E-state index in [1.165, 1.54) is 29.2 Å². The number of imidazole rings is 1. The summed E-state index contributed by atoms with van der Waals surface area (Å²) in [7, 11) is 0. The molecule has 1 N–H and O–H groups in total. The summed E-state index contributed by atoms with van der Waals surface area (Å²) < 4.78 is 29.1. The number of carbonyl (C=O) groups excluding carboxylic acids is 1. The zero-order valence-corrected chi connectivity index (χ0v) is 13.4. The Labute approximate surface area is 145 Å². The van der Waals surface area contributed by atoms with Crippen molar-refractivity contribution < 1.29 is 13.6 Å². The van der Waals surface area contributed by atoms with Crippen molar-refractivity contribution in [1.29, 1.82) is 0 Å². The molecule has 2 aromatic carbocycles. The summed E-state index contributed by atoms with van der Waals surface area (Å²) in [6.07, 6.45) is 4.56. The van der Waals surface area contributed by atoms with E-state index >= 15 is 0 Å². The number of nitrogens with one attached hydrogen (secondary N) is 1. The lowest BCUT2D eigenvalue weighted by molar-refractivity contribution is 0.102. The van der Waals surface area contributed by atoms with E-state index in [2.05, 4.69) is 10.3 Å². The third-order valence-electron chi connectivity index (χ3n) is 3.24. The first kappa shape index (κ1) is 16.4. The van der Waals surface area contributed by atoms with E-state index in [0.717, 1.165) is 18.2 Å². The van der Waals surface area contributed by atoms with Crippen LogP contribution in [0.3, 0.4) is 0 Å². The lowest BCUT2D eigenvalue weighted by atomic mass is 10.2. The van der Waals surface area contributed by atoms with E-state index in [-0.39, 0.29) is 27.0 Å². The summed E-state index contributed by atoms with van der Waals surface area (Å²) in [6.45, 7) is 0. The quantitative estimate of drug-likeness (QED) is 0.681. The second kappa shape index (κ2) is 6.59. The molecule has 24 heavy (non-hydrogen) atoms. The summed E-state index contributed by atoms with van der Waals surface area (Å²) >= 11 is 11.5. The largest absolute Gasteiger partial charge is 0.322 e. The van der Waals surface area contributed by atoms with Gasteiger partial charge < -0.3 is 9.88 Å². The SMILES string of the molecule is O=C(Nc1ccc(-n2ccnc2)c(F)c1)c1cc(F)c(Cl)cc1Cl. The summed E-state index contributed by atoms with van der Waals surface area (Å²) in [6, 6.07) is 6.20. The highest BCUT2D eigenvalue weighted by Crippen LogP contribution is 2.25. The number of nitrogens with zero attached hydrogens (tertiary/aromatic N) is 2. The van der Waals surface area contributed by atoms with Gasteiger partial charge in [0.05, 0.1) is 27.6 Å². The highest BCUT2D eigenvalue weighted by molar-refractivity contribution is 6.37. The number of hydrogen-bond donors (Lipinski definition) is 1. The van der Waals surface area contributed by atoms with E-state index in [0.29, 0.717) is 0 Å². The Morgan fingerprint density at radius 1 is 1.08 bits per heavy atom. The van der Waals surface area contributed by atoms with Crippen LogP contribution in [0.2, 0.25) is 10.0 Å². The van der Waals surface area contributed by atoms with Crippen molar-refractivity contribution in [2.75, 3.05) is 5.32 Å². The molecule has 0 saturated carbocycles. The van der Waals surface area contributed by atoms with Crippen molar-refractivity contribution in [3.05, 3.63) is 76.3 Å². The van der Waals surface area contributed by atoms with Gasteiger partial charge in [-0.15, -0.1) is 0 Å². The number of hydrogen-bond acceptors (Lipinski definition) is 2. The van der Waals surface area contributed by atoms with E-state index in [1.807, 2.05) is 0 Å². The van der Waals surface area contributed by atoms with Crippen LogP contribution < -0.4 is 5.32 Å². The highest BCUT2D eigenvalue weighted by atomic mass is 35.5. The molecular weight excluding hydrogens is 359 g/mol. The third kappa shape index (κ3) is 3.25. The van der Waals surface area contributed by atoms with Gasteiger partial charge in [-0.05, 0) is 30.3 Å². The highest BCUT2D eigenvalue weighted by Gasteiger charge is 2.15. The Morgan fingerprint density at radius 2 is 1.88 bits per heavy atom. The molecule has 1 heterocycles. The predicted molar refractivity (Wildman–Crippen MR) is 87.9 cm³/mol. The molecule has 3 rings (SSSR count). The van der Waals surface area contributed by atoms with E-state index < -0.39 is 17.5 Å². The molecule has 0 atom stereocenters. The molecule has 0 saturated heterocycles. The van der Waals surface area contributed by atoms with Gasteiger partial charge in [-0.1, -0.05) is 23.2 Å².